The van der Waals surface area contributed by atoms with Gasteiger partial charge in [-0.2, -0.15) is 5.26 Å². The SMILES string of the molecule is N#Cc1ccc(NC(=O)NC(CC(=O)O)C2CC2)c(Br)c1. The molecule has 1 fully saturated rings. The number of urea groups is 1. The summed E-state index contributed by atoms with van der Waals surface area (Å²) in [4.78, 5) is 22.7. The molecule has 1 aliphatic rings. The summed E-state index contributed by atoms with van der Waals surface area (Å²) in [6.07, 6.45) is 1.81. The van der Waals surface area contributed by atoms with E-state index < -0.39 is 12.0 Å². The van der Waals surface area contributed by atoms with Crippen LogP contribution in [0.25, 0.3) is 0 Å². The summed E-state index contributed by atoms with van der Waals surface area (Å²) in [5.74, 6) is -0.678. The second-order valence-electron chi connectivity index (χ2n) is 4.95. The highest BCUT2D eigenvalue weighted by molar-refractivity contribution is 9.10. The molecule has 0 bridgehead atoms. The molecule has 2 amide bonds. The lowest BCUT2D eigenvalue weighted by Gasteiger charge is -2.17. The van der Waals surface area contributed by atoms with Crippen LogP contribution in [0.15, 0.2) is 22.7 Å². The molecule has 0 heterocycles. The van der Waals surface area contributed by atoms with Crippen molar-refractivity contribution in [2.75, 3.05) is 5.32 Å². The third-order valence-corrected chi connectivity index (χ3v) is 3.90. The van der Waals surface area contributed by atoms with Gasteiger partial charge in [-0.15, -0.1) is 0 Å². The summed E-state index contributed by atoms with van der Waals surface area (Å²) in [6, 6.07) is 6.02. The van der Waals surface area contributed by atoms with Gasteiger partial charge >= 0.3 is 12.0 Å². The molecule has 0 aromatic heterocycles. The van der Waals surface area contributed by atoms with Crippen LogP contribution in [0.3, 0.4) is 0 Å². The molecule has 7 heteroatoms. The normalized spacial score (nSPS) is 14.9. The van der Waals surface area contributed by atoms with Gasteiger partial charge in [0.25, 0.3) is 0 Å². The van der Waals surface area contributed by atoms with Crippen molar-refractivity contribution in [2.45, 2.75) is 25.3 Å². The van der Waals surface area contributed by atoms with Crippen molar-refractivity contribution in [3.63, 3.8) is 0 Å². The summed E-state index contributed by atoms with van der Waals surface area (Å²) in [7, 11) is 0. The van der Waals surface area contributed by atoms with Gasteiger partial charge in [0.15, 0.2) is 0 Å². The zero-order chi connectivity index (χ0) is 15.4. The molecule has 0 aliphatic heterocycles. The molecule has 0 spiro atoms. The quantitative estimate of drug-likeness (QED) is 0.758. The van der Waals surface area contributed by atoms with Crippen LogP contribution in [0.1, 0.15) is 24.8 Å². The Kier molecular flexibility index (Phi) is 4.81. The number of hydrogen-bond donors (Lipinski definition) is 3. The molecule has 0 saturated heterocycles. The monoisotopic (exact) mass is 351 g/mol. The number of carbonyl (C=O) groups excluding carboxylic acids is 1. The minimum Gasteiger partial charge on any atom is -0.481 e. The van der Waals surface area contributed by atoms with Gasteiger partial charge in [0.05, 0.1) is 23.7 Å². The molecule has 1 aliphatic carbocycles. The molecule has 1 unspecified atom stereocenters. The van der Waals surface area contributed by atoms with Gasteiger partial charge in [-0.05, 0) is 52.9 Å². The van der Waals surface area contributed by atoms with Crippen molar-refractivity contribution in [3.05, 3.63) is 28.2 Å². The van der Waals surface area contributed by atoms with Gasteiger partial charge in [0, 0.05) is 10.5 Å². The Bertz CT molecular complexity index is 608. The van der Waals surface area contributed by atoms with E-state index in [0.717, 1.165) is 12.8 Å². The molecule has 1 saturated carbocycles. The van der Waals surface area contributed by atoms with Crippen molar-refractivity contribution in [3.8, 4) is 6.07 Å². The van der Waals surface area contributed by atoms with E-state index in [2.05, 4.69) is 26.6 Å². The lowest BCUT2D eigenvalue weighted by molar-refractivity contribution is -0.137. The first-order valence-electron chi connectivity index (χ1n) is 6.48. The van der Waals surface area contributed by atoms with Gasteiger partial charge in [-0.3, -0.25) is 4.79 Å². The molecule has 6 nitrogen and oxygen atoms in total. The van der Waals surface area contributed by atoms with E-state index in [0.29, 0.717) is 15.7 Å². The second kappa shape index (κ2) is 6.59. The molecule has 1 aromatic carbocycles. The van der Waals surface area contributed by atoms with Gasteiger partial charge in [-0.1, -0.05) is 0 Å². The van der Waals surface area contributed by atoms with Crippen LogP contribution in [-0.4, -0.2) is 23.1 Å². The minimum absolute atomic E-state index is 0.0768. The molecule has 1 aromatic rings. The fourth-order valence-electron chi connectivity index (χ4n) is 2.04. The number of hydrogen-bond acceptors (Lipinski definition) is 3. The highest BCUT2D eigenvalue weighted by atomic mass is 79.9. The van der Waals surface area contributed by atoms with E-state index in [1.54, 1.807) is 18.2 Å². The lowest BCUT2D eigenvalue weighted by atomic mass is 10.1. The fourth-order valence-corrected chi connectivity index (χ4v) is 2.51. The highest BCUT2D eigenvalue weighted by Gasteiger charge is 2.33. The lowest BCUT2D eigenvalue weighted by Crippen LogP contribution is -2.40. The van der Waals surface area contributed by atoms with E-state index >= 15 is 0 Å². The number of amides is 2. The molecule has 21 heavy (non-hydrogen) atoms. The smallest absolute Gasteiger partial charge is 0.319 e. The number of nitriles is 1. The van der Waals surface area contributed by atoms with E-state index in [4.69, 9.17) is 10.4 Å². The minimum atomic E-state index is -0.924. The Balaban J connectivity index is 1.97. The van der Waals surface area contributed by atoms with Gasteiger partial charge in [-0.25, -0.2) is 4.79 Å². The summed E-state index contributed by atoms with van der Waals surface area (Å²) in [5.41, 5.74) is 1.01. The first-order chi connectivity index (χ1) is 9.99. The Labute approximate surface area is 130 Å². The third-order valence-electron chi connectivity index (χ3n) is 3.25. The van der Waals surface area contributed by atoms with E-state index in [-0.39, 0.29) is 18.4 Å². The van der Waals surface area contributed by atoms with E-state index in [9.17, 15) is 9.59 Å². The standard InChI is InChI=1S/C14H14BrN3O3/c15-10-5-8(7-16)1-4-11(10)17-14(21)18-12(6-13(19)20)9-2-3-9/h1,4-5,9,12H,2-3,6H2,(H,19,20)(H2,17,18,21). The number of rotatable bonds is 5. The van der Waals surface area contributed by atoms with Crippen molar-refractivity contribution in [1.82, 2.24) is 5.32 Å². The zero-order valence-corrected chi connectivity index (χ0v) is 12.7. The maximum absolute atomic E-state index is 11.9. The molecule has 110 valence electrons. The molecule has 2 rings (SSSR count). The topological polar surface area (TPSA) is 102 Å². The van der Waals surface area contributed by atoms with Crippen LogP contribution in [-0.2, 0) is 4.79 Å². The maximum atomic E-state index is 11.9. The van der Waals surface area contributed by atoms with Crippen molar-refractivity contribution in [1.29, 1.82) is 5.26 Å². The number of carboxylic acid groups (broad SMARTS) is 1. The number of nitrogens with zero attached hydrogens (tertiary/aromatic N) is 1. The fraction of sp³-hybridized carbons (Fsp3) is 0.357. The summed E-state index contributed by atoms with van der Waals surface area (Å²) < 4.78 is 0.595. The number of halogens is 1. The molecular formula is C14H14BrN3O3. The number of benzene rings is 1. The van der Waals surface area contributed by atoms with Gasteiger partial charge in [0.1, 0.15) is 0 Å². The number of carbonyl (C=O) groups is 2. The summed E-state index contributed by atoms with van der Waals surface area (Å²) in [5, 5.41) is 23.0. The average molecular weight is 352 g/mol. The number of carboxylic acids is 1. The molecular weight excluding hydrogens is 338 g/mol. The van der Waals surface area contributed by atoms with Crippen molar-refractivity contribution >= 4 is 33.6 Å². The Morgan fingerprint density at radius 2 is 2.19 bits per heavy atom. The predicted octanol–water partition coefficient (Wildman–Crippen LogP) is 2.70. The van der Waals surface area contributed by atoms with Crippen LogP contribution in [0.2, 0.25) is 0 Å². The third kappa shape index (κ3) is 4.46. The summed E-state index contributed by atoms with van der Waals surface area (Å²) in [6.45, 7) is 0. The zero-order valence-electron chi connectivity index (χ0n) is 11.1. The van der Waals surface area contributed by atoms with Crippen LogP contribution >= 0.6 is 15.9 Å². The van der Waals surface area contributed by atoms with E-state index in [1.807, 2.05) is 6.07 Å². The van der Waals surface area contributed by atoms with Crippen molar-refractivity contribution < 1.29 is 14.7 Å². The Morgan fingerprint density at radius 1 is 1.48 bits per heavy atom. The average Bonchev–Trinajstić information content (AvgIpc) is 3.24. The number of anilines is 1. The van der Waals surface area contributed by atoms with Crippen molar-refractivity contribution in [2.24, 2.45) is 5.92 Å². The highest BCUT2D eigenvalue weighted by Crippen LogP contribution is 2.34. The van der Waals surface area contributed by atoms with Gasteiger partial charge in [0.2, 0.25) is 0 Å². The molecule has 1 atom stereocenters. The first kappa shape index (κ1) is 15.3. The van der Waals surface area contributed by atoms with Gasteiger partial charge < -0.3 is 15.7 Å². The Morgan fingerprint density at radius 3 is 2.71 bits per heavy atom. The van der Waals surface area contributed by atoms with Crippen LogP contribution in [0.4, 0.5) is 10.5 Å². The first-order valence-corrected chi connectivity index (χ1v) is 7.28. The van der Waals surface area contributed by atoms with Crippen LogP contribution in [0.5, 0.6) is 0 Å². The number of aliphatic carboxylic acids is 1. The van der Waals surface area contributed by atoms with Crippen LogP contribution in [0, 0.1) is 17.2 Å². The van der Waals surface area contributed by atoms with Crippen LogP contribution < -0.4 is 10.6 Å². The Hall–Kier alpha value is -2.07. The largest absolute Gasteiger partial charge is 0.481 e. The second-order valence-corrected chi connectivity index (χ2v) is 5.80. The van der Waals surface area contributed by atoms with E-state index in [1.165, 1.54) is 0 Å². The molecule has 3 N–H and O–H groups in total. The predicted molar refractivity (Wildman–Crippen MR) is 79.8 cm³/mol. The number of nitrogens with one attached hydrogen (secondary N) is 2. The molecule has 0 radical (unpaired) electrons. The summed E-state index contributed by atoms with van der Waals surface area (Å²) >= 11 is 3.28. The maximum Gasteiger partial charge on any atom is 0.319 e.